The van der Waals surface area contributed by atoms with Gasteiger partial charge in [-0.3, -0.25) is 0 Å². The van der Waals surface area contributed by atoms with Crippen LogP contribution in [0, 0.1) is 47.3 Å². The highest BCUT2D eigenvalue weighted by Gasteiger charge is 2.80. The first-order valence-corrected chi connectivity index (χ1v) is 5.47. The van der Waals surface area contributed by atoms with Crippen molar-refractivity contribution in [1.82, 2.24) is 0 Å². The Hall–Kier alpha value is 0. The number of rotatable bonds is 0. The van der Waals surface area contributed by atoms with Gasteiger partial charge >= 0.3 is 0 Å². The molecule has 8 atom stereocenters. The van der Waals surface area contributed by atoms with Crippen molar-refractivity contribution in [3.63, 3.8) is 0 Å². The second-order valence-corrected chi connectivity index (χ2v) is 5.78. The van der Waals surface area contributed by atoms with Crippen molar-refractivity contribution < 1.29 is 0 Å². The number of hydrogen-bond acceptors (Lipinski definition) is 0. The van der Waals surface area contributed by atoms with E-state index in [-0.39, 0.29) is 0 Å². The third-order valence-corrected chi connectivity index (χ3v) is 5.95. The molecular formula is C11H14. The molecule has 0 amide bonds. The monoisotopic (exact) mass is 146 g/mol. The van der Waals surface area contributed by atoms with E-state index in [4.69, 9.17) is 0 Å². The first-order valence-electron chi connectivity index (χ1n) is 5.47. The lowest BCUT2D eigenvalue weighted by molar-refractivity contribution is 0.0881. The van der Waals surface area contributed by atoms with E-state index in [1.54, 1.807) is 19.3 Å². The van der Waals surface area contributed by atoms with Gasteiger partial charge in [-0.15, -0.1) is 0 Å². The van der Waals surface area contributed by atoms with E-state index >= 15 is 0 Å². The Morgan fingerprint density at radius 2 is 1.09 bits per heavy atom. The molecule has 0 bridgehead atoms. The van der Waals surface area contributed by atoms with Crippen LogP contribution in [0.25, 0.3) is 0 Å². The standard InChI is InChI=1S/C11H14/c1-2-5-4(1)8-6-3-7-9(5)11(7)10(6)8/h4-11H,1-3H2/t4-,5?,6-,7+,8?,9?,10?,11?/m1/s1. The lowest BCUT2D eigenvalue weighted by Gasteiger charge is -2.40. The minimum Gasteiger partial charge on any atom is -0.0496 e. The van der Waals surface area contributed by atoms with E-state index in [0.29, 0.717) is 0 Å². The molecule has 0 radical (unpaired) electrons. The maximum atomic E-state index is 1.68. The van der Waals surface area contributed by atoms with Crippen LogP contribution >= 0.6 is 0 Å². The van der Waals surface area contributed by atoms with Crippen LogP contribution in [0.15, 0.2) is 0 Å². The maximum absolute atomic E-state index is 1.68. The van der Waals surface area contributed by atoms with E-state index < -0.39 is 0 Å². The van der Waals surface area contributed by atoms with Crippen molar-refractivity contribution >= 4 is 0 Å². The largest absolute Gasteiger partial charge is 0.0496 e. The minimum absolute atomic E-state index is 1.26. The zero-order valence-electron chi connectivity index (χ0n) is 6.74. The van der Waals surface area contributed by atoms with E-state index in [9.17, 15) is 0 Å². The molecule has 0 aromatic heterocycles. The lowest BCUT2D eigenvalue weighted by Crippen LogP contribution is -2.33. The molecule has 0 saturated heterocycles. The second kappa shape index (κ2) is 1.11. The SMILES string of the molecule is C1C[C@@H]2C1C1C3C4C2[C@H]4C[C@@H]13. The highest BCUT2D eigenvalue weighted by Crippen LogP contribution is 2.85. The summed E-state index contributed by atoms with van der Waals surface area (Å²) in [5.74, 6) is 10.2. The van der Waals surface area contributed by atoms with Crippen molar-refractivity contribution in [2.75, 3.05) is 0 Å². The zero-order valence-corrected chi connectivity index (χ0v) is 6.74. The topological polar surface area (TPSA) is 0 Å². The van der Waals surface area contributed by atoms with Crippen LogP contribution in [-0.4, -0.2) is 0 Å². The molecule has 5 unspecified atom stereocenters. The van der Waals surface area contributed by atoms with Gasteiger partial charge in [0, 0.05) is 0 Å². The summed E-state index contributed by atoms with van der Waals surface area (Å²) in [5.41, 5.74) is 0. The van der Waals surface area contributed by atoms with Crippen molar-refractivity contribution in [1.29, 1.82) is 0 Å². The van der Waals surface area contributed by atoms with Crippen molar-refractivity contribution in [2.24, 2.45) is 47.3 Å². The molecule has 0 heterocycles. The van der Waals surface area contributed by atoms with Gasteiger partial charge in [-0.25, -0.2) is 0 Å². The number of fused-ring (bicyclic) bond motifs is 5. The molecule has 5 fully saturated rings. The highest BCUT2D eigenvalue weighted by molar-refractivity contribution is 5.28. The molecule has 5 aliphatic rings. The van der Waals surface area contributed by atoms with Crippen molar-refractivity contribution in [3.8, 4) is 0 Å². The van der Waals surface area contributed by atoms with Crippen LogP contribution in [0.2, 0.25) is 0 Å². The summed E-state index contributed by atoms with van der Waals surface area (Å²) in [6.45, 7) is 0. The summed E-state index contributed by atoms with van der Waals surface area (Å²) in [7, 11) is 0. The third kappa shape index (κ3) is 0.316. The van der Waals surface area contributed by atoms with E-state index in [0.717, 1.165) is 0 Å². The van der Waals surface area contributed by atoms with Crippen LogP contribution in [-0.2, 0) is 0 Å². The molecule has 0 aromatic rings. The van der Waals surface area contributed by atoms with E-state index in [2.05, 4.69) is 0 Å². The molecule has 0 heteroatoms. The van der Waals surface area contributed by atoms with Crippen LogP contribution in [0.3, 0.4) is 0 Å². The fourth-order valence-electron chi connectivity index (χ4n) is 5.60. The predicted octanol–water partition coefficient (Wildman–Crippen LogP) is 2.15. The Kier molecular flexibility index (Phi) is 0.494. The van der Waals surface area contributed by atoms with Gasteiger partial charge in [-0.1, -0.05) is 0 Å². The summed E-state index contributed by atoms with van der Waals surface area (Å²) in [4.78, 5) is 0. The molecule has 0 aliphatic heterocycles. The van der Waals surface area contributed by atoms with Gasteiger partial charge in [0.1, 0.15) is 0 Å². The fraction of sp³-hybridized carbons (Fsp3) is 1.00. The molecule has 5 rings (SSSR count). The third-order valence-electron chi connectivity index (χ3n) is 5.95. The van der Waals surface area contributed by atoms with Gasteiger partial charge in [0.2, 0.25) is 0 Å². The molecule has 0 spiro atoms. The molecule has 11 heavy (non-hydrogen) atoms. The molecule has 0 nitrogen and oxygen atoms in total. The average Bonchev–Trinajstić information content (AvgIpc) is 2.76. The van der Waals surface area contributed by atoms with Crippen LogP contribution in [0.4, 0.5) is 0 Å². The van der Waals surface area contributed by atoms with Crippen molar-refractivity contribution in [3.05, 3.63) is 0 Å². The Bertz CT molecular complexity index is 227. The highest BCUT2D eigenvalue weighted by atomic mass is 14.9. The molecule has 0 aromatic carbocycles. The van der Waals surface area contributed by atoms with E-state index in [1.807, 2.05) is 0 Å². The first-order chi connectivity index (χ1) is 5.47. The summed E-state index contributed by atoms with van der Waals surface area (Å²) < 4.78 is 0. The second-order valence-electron chi connectivity index (χ2n) is 5.78. The van der Waals surface area contributed by atoms with Gasteiger partial charge < -0.3 is 0 Å². The minimum atomic E-state index is 1.26. The summed E-state index contributed by atoms with van der Waals surface area (Å²) in [6, 6.07) is 0. The summed E-state index contributed by atoms with van der Waals surface area (Å²) in [6.07, 6.45) is 4.92. The van der Waals surface area contributed by atoms with Crippen LogP contribution in [0.1, 0.15) is 19.3 Å². The van der Waals surface area contributed by atoms with Gasteiger partial charge in [0.15, 0.2) is 0 Å². The number of hydrogen-bond donors (Lipinski definition) is 0. The quantitative estimate of drug-likeness (QED) is 0.491. The lowest BCUT2D eigenvalue weighted by atomic mass is 9.65. The first kappa shape index (κ1) is 4.89. The normalized spacial score (nSPS) is 85.1. The Morgan fingerprint density at radius 1 is 0.545 bits per heavy atom. The molecule has 58 valence electrons. The van der Waals surface area contributed by atoms with Gasteiger partial charge in [0.05, 0.1) is 0 Å². The predicted molar refractivity (Wildman–Crippen MR) is 41.8 cm³/mol. The summed E-state index contributed by atoms with van der Waals surface area (Å²) >= 11 is 0. The summed E-state index contributed by atoms with van der Waals surface area (Å²) in [5, 5.41) is 0. The van der Waals surface area contributed by atoms with E-state index in [1.165, 1.54) is 47.3 Å². The van der Waals surface area contributed by atoms with Gasteiger partial charge in [-0.05, 0) is 66.6 Å². The smallest absolute Gasteiger partial charge is 0.0315 e. The van der Waals surface area contributed by atoms with Crippen LogP contribution in [0.5, 0.6) is 0 Å². The maximum Gasteiger partial charge on any atom is -0.0315 e. The molecular weight excluding hydrogens is 132 g/mol. The zero-order chi connectivity index (χ0) is 6.74. The van der Waals surface area contributed by atoms with Crippen LogP contribution < -0.4 is 0 Å². The molecule has 5 aliphatic carbocycles. The van der Waals surface area contributed by atoms with Crippen molar-refractivity contribution in [2.45, 2.75) is 19.3 Å². The average molecular weight is 146 g/mol. The Labute approximate surface area is 67.4 Å². The fourth-order valence-corrected chi connectivity index (χ4v) is 5.60. The Morgan fingerprint density at radius 3 is 1.55 bits per heavy atom. The molecule has 0 N–H and O–H groups in total. The Balaban J connectivity index is 1.73. The van der Waals surface area contributed by atoms with Gasteiger partial charge in [0.25, 0.3) is 0 Å². The molecule has 5 saturated carbocycles. The van der Waals surface area contributed by atoms with Gasteiger partial charge in [-0.2, -0.15) is 0 Å².